The number of aromatic hydroxyl groups is 2. The Hall–Kier alpha value is -1.75. The standard InChI is InChI=1S/C12H17NO4/c1-2-17-11(15)6-7-13-8-9-4-3-5-10(14)12(9)16/h3-5,13-14,16H,2,6-8H2,1H3. The average Bonchev–Trinajstić information content (AvgIpc) is 2.30. The molecule has 0 aliphatic rings. The highest BCUT2D eigenvalue weighted by Crippen LogP contribution is 2.27. The van der Waals surface area contributed by atoms with Crippen molar-refractivity contribution in [1.82, 2.24) is 5.32 Å². The van der Waals surface area contributed by atoms with Crippen molar-refractivity contribution in [1.29, 1.82) is 0 Å². The fourth-order valence-corrected chi connectivity index (χ4v) is 1.37. The maximum atomic E-state index is 11.0. The van der Waals surface area contributed by atoms with Gasteiger partial charge in [0, 0.05) is 18.7 Å². The molecule has 3 N–H and O–H groups in total. The molecule has 1 aromatic carbocycles. The van der Waals surface area contributed by atoms with Crippen LogP contribution in [0.3, 0.4) is 0 Å². The minimum atomic E-state index is -0.250. The van der Waals surface area contributed by atoms with Crippen LogP contribution in [-0.2, 0) is 16.1 Å². The molecule has 0 radical (unpaired) electrons. The summed E-state index contributed by atoms with van der Waals surface area (Å²) >= 11 is 0. The molecule has 0 spiro atoms. The number of ether oxygens (including phenoxy) is 1. The second kappa shape index (κ2) is 6.75. The Morgan fingerprint density at radius 3 is 2.88 bits per heavy atom. The molecular weight excluding hydrogens is 222 g/mol. The quantitative estimate of drug-likeness (QED) is 0.394. The highest BCUT2D eigenvalue weighted by molar-refractivity contribution is 5.69. The zero-order valence-corrected chi connectivity index (χ0v) is 9.77. The van der Waals surface area contributed by atoms with Gasteiger partial charge in [-0.05, 0) is 13.0 Å². The second-order valence-electron chi connectivity index (χ2n) is 3.52. The number of para-hydroxylation sites is 1. The number of phenolic OH excluding ortho intramolecular Hbond substituents is 2. The SMILES string of the molecule is CCOC(=O)CCNCc1cccc(O)c1O. The van der Waals surface area contributed by atoms with Crippen molar-refractivity contribution in [2.24, 2.45) is 0 Å². The van der Waals surface area contributed by atoms with E-state index < -0.39 is 0 Å². The second-order valence-corrected chi connectivity index (χ2v) is 3.52. The van der Waals surface area contributed by atoms with Gasteiger partial charge in [0.05, 0.1) is 13.0 Å². The number of hydrogen-bond acceptors (Lipinski definition) is 5. The monoisotopic (exact) mass is 239 g/mol. The Kier molecular flexibility index (Phi) is 5.29. The summed E-state index contributed by atoms with van der Waals surface area (Å²) in [6, 6.07) is 4.77. The van der Waals surface area contributed by atoms with Crippen LogP contribution in [0.4, 0.5) is 0 Å². The lowest BCUT2D eigenvalue weighted by Gasteiger charge is -2.07. The van der Waals surface area contributed by atoms with Gasteiger partial charge in [-0.2, -0.15) is 0 Å². The number of hydrogen-bond donors (Lipinski definition) is 3. The summed E-state index contributed by atoms with van der Waals surface area (Å²) in [5.74, 6) is -0.522. The van der Waals surface area contributed by atoms with Crippen LogP contribution in [0.2, 0.25) is 0 Å². The van der Waals surface area contributed by atoms with E-state index in [1.54, 1.807) is 19.1 Å². The Morgan fingerprint density at radius 2 is 2.18 bits per heavy atom. The van der Waals surface area contributed by atoms with Crippen LogP contribution >= 0.6 is 0 Å². The maximum Gasteiger partial charge on any atom is 0.307 e. The smallest absolute Gasteiger partial charge is 0.307 e. The number of carbonyl (C=O) groups is 1. The first-order chi connectivity index (χ1) is 8.15. The van der Waals surface area contributed by atoms with Gasteiger partial charge in [0.25, 0.3) is 0 Å². The summed E-state index contributed by atoms with van der Waals surface area (Å²) in [6.45, 7) is 3.00. The third-order valence-corrected chi connectivity index (χ3v) is 2.22. The molecule has 0 saturated carbocycles. The van der Waals surface area contributed by atoms with E-state index >= 15 is 0 Å². The number of nitrogens with one attached hydrogen (secondary N) is 1. The van der Waals surface area contributed by atoms with Crippen LogP contribution < -0.4 is 5.32 Å². The molecule has 0 atom stereocenters. The fraction of sp³-hybridized carbons (Fsp3) is 0.417. The van der Waals surface area contributed by atoms with Crippen LogP contribution in [0.1, 0.15) is 18.9 Å². The first-order valence-electron chi connectivity index (χ1n) is 5.51. The average molecular weight is 239 g/mol. The molecule has 0 amide bonds. The van der Waals surface area contributed by atoms with E-state index in [9.17, 15) is 15.0 Å². The molecule has 0 aromatic heterocycles. The Balaban J connectivity index is 2.31. The topological polar surface area (TPSA) is 78.8 Å². The Morgan fingerprint density at radius 1 is 1.41 bits per heavy atom. The summed E-state index contributed by atoms with van der Waals surface area (Å²) in [5.41, 5.74) is 0.592. The molecular formula is C12H17NO4. The van der Waals surface area contributed by atoms with Gasteiger partial charge in [0.1, 0.15) is 0 Å². The third-order valence-electron chi connectivity index (χ3n) is 2.22. The van der Waals surface area contributed by atoms with Crippen molar-refractivity contribution < 1.29 is 19.7 Å². The predicted octanol–water partition coefficient (Wildman–Crippen LogP) is 1.14. The van der Waals surface area contributed by atoms with Gasteiger partial charge in [-0.3, -0.25) is 4.79 Å². The van der Waals surface area contributed by atoms with Crippen molar-refractivity contribution in [2.75, 3.05) is 13.2 Å². The molecule has 0 aliphatic carbocycles. The third kappa shape index (κ3) is 4.32. The van der Waals surface area contributed by atoms with Crippen molar-refractivity contribution in [3.05, 3.63) is 23.8 Å². The van der Waals surface area contributed by atoms with Gasteiger partial charge in [0.15, 0.2) is 11.5 Å². The van der Waals surface area contributed by atoms with Crippen molar-refractivity contribution >= 4 is 5.97 Å². The predicted molar refractivity (Wildman–Crippen MR) is 62.7 cm³/mol. The van der Waals surface area contributed by atoms with Gasteiger partial charge < -0.3 is 20.3 Å². The highest BCUT2D eigenvalue weighted by Gasteiger charge is 2.05. The lowest BCUT2D eigenvalue weighted by atomic mass is 10.2. The minimum absolute atomic E-state index is 0.129. The van der Waals surface area contributed by atoms with Gasteiger partial charge in [-0.25, -0.2) is 0 Å². The van der Waals surface area contributed by atoms with Gasteiger partial charge >= 0.3 is 5.97 Å². The number of rotatable bonds is 6. The molecule has 0 saturated heterocycles. The van der Waals surface area contributed by atoms with E-state index in [1.807, 2.05) is 0 Å². The van der Waals surface area contributed by atoms with Crippen LogP contribution in [-0.4, -0.2) is 29.3 Å². The molecule has 5 heteroatoms. The minimum Gasteiger partial charge on any atom is -0.504 e. The first kappa shape index (κ1) is 13.3. The summed E-state index contributed by atoms with van der Waals surface area (Å²) in [7, 11) is 0. The van der Waals surface area contributed by atoms with E-state index in [-0.39, 0.29) is 23.9 Å². The zero-order chi connectivity index (χ0) is 12.7. The molecule has 5 nitrogen and oxygen atoms in total. The highest BCUT2D eigenvalue weighted by atomic mass is 16.5. The van der Waals surface area contributed by atoms with Gasteiger partial charge in [0.2, 0.25) is 0 Å². The maximum absolute atomic E-state index is 11.0. The van der Waals surface area contributed by atoms with E-state index in [4.69, 9.17) is 4.74 Å². The molecule has 0 heterocycles. The first-order valence-corrected chi connectivity index (χ1v) is 5.51. The molecule has 94 valence electrons. The molecule has 0 fully saturated rings. The number of phenols is 2. The fourth-order valence-electron chi connectivity index (χ4n) is 1.37. The number of benzene rings is 1. The van der Waals surface area contributed by atoms with Crippen LogP contribution in [0.5, 0.6) is 11.5 Å². The molecule has 1 aromatic rings. The summed E-state index contributed by atoms with van der Waals surface area (Å²) < 4.78 is 4.77. The lowest BCUT2D eigenvalue weighted by Crippen LogP contribution is -2.19. The molecule has 0 bridgehead atoms. The normalized spacial score (nSPS) is 10.2. The van der Waals surface area contributed by atoms with Gasteiger partial charge in [-0.1, -0.05) is 12.1 Å². The van der Waals surface area contributed by atoms with Crippen molar-refractivity contribution in [3.8, 4) is 11.5 Å². The van der Waals surface area contributed by atoms with E-state index in [0.29, 0.717) is 25.3 Å². The number of esters is 1. The van der Waals surface area contributed by atoms with E-state index in [0.717, 1.165) is 0 Å². The van der Waals surface area contributed by atoms with Crippen molar-refractivity contribution in [3.63, 3.8) is 0 Å². The summed E-state index contributed by atoms with van der Waals surface area (Å²) in [5, 5.41) is 21.8. The van der Waals surface area contributed by atoms with Gasteiger partial charge in [-0.15, -0.1) is 0 Å². The van der Waals surface area contributed by atoms with Crippen LogP contribution in [0.15, 0.2) is 18.2 Å². The molecule has 1 rings (SSSR count). The largest absolute Gasteiger partial charge is 0.504 e. The number of carbonyl (C=O) groups excluding carboxylic acids is 1. The molecule has 0 unspecified atom stereocenters. The lowest BCUT2D eigenvalue weighted by molar-refractivity contribution is -0.142. The Bertz CT molecular complexity index is 379. The molecule has 0 aliphatic heterocycles. The van der Waals surface area contributed by atoms with E-state index in [1.165, 1.54) is 6.07 Å². The van der Waals surface area contributed by atoms with Crippen molar-refractivity contribution in [2.45, 2.75) is 19.9 Å². The van der Waals surface area contributed by atoms with Crippen LogP contribution in [0.25, 0.3) is 0 Å². The zero-order valence-electron chi connectivity index (χ0n) is 9.77. The Labute approximate surface area is 100 Å². The van der Waals surface area contributed by atoms with Crippen LogP contribution in [0, 0.1) is 0 Å². The summed E-state index contributed by atoms with van der Waals surface area (Å²) in [4.78, 5) is 11.0. The van der Waals surface area contributed by atoms with E-state index in [2.05, 4.69) is 5.32 Å². The summed E-state index contributed by atoms with van der Waals surface area (Å²) in [6.07, 6.45) is 0.285. The molecule has 17 heavy (non-hydrogen) atoms.